The van der Waals surface area contributed by atoms with Crippen LogP contribution in [0.2, 0.25) is 0 Å². The maximum Gasteiger partial charge on any atom is 0.268 e. The van der Waals surface area contributed by atoms with E-state index in [1.807, 2.05) is 35.7 Å². The number of nitrogen functional groups attached to an aromatic ring is 1. The standard InChI is InChI=1S/C14H12BrN3OS/c15-9-4-5-20-12(9)7-17-14(19)11-6-8-2-1-3-10(16)13(8)18-11/h1-6,18H,7,16H2,(H,17,19). The van der Waals surface area contributed by atoms with Gasteiger partial charge in [-0.15, -0.1) is 11.3 Å². The smallest absolute Gasteiger partial charge is 0.268 e. The molecule has 3 aromatic rings. The number of hydrogen-bond acceptors (Lipinski definition) is 3. The molecule has 3 rings (SSSR count). The van der Waals surface area contributed by atoms with E-state index in [0.29, 0.717) is 17.9 Å². The van der Waals surface area contributed by atoms with E-state index in [0.717, 1.165) is 20.3 Å². The molecule has 0 aliphatic rings. The second kappa shape index (κ2) is 5.30. The topological polar surface area (TPSA) is 70.9 Å². The number of aromatic amines is 1. The molecule has 0 saturated carbocycles. The van der Waals surface area contributed by atoms with Crippen LogP contribution in [-0.4, -0.2) is 10.9 Å². The highest BCUT2D eigenvalue weighted by Crippen LogP contribution is 2.23. The maximum absolute atomic E-state index is 12.1. The summed E-state index contributed by atoms with van der Waals surface area (Å²) in [6.45, 7) is 0.502. The van der Waals surface area contributed by atoms with E-state index in [1.54, 1.807) is 11.3 Å². The Bertz CT molecular complexity index is 778. The maximum atomic E-state index is 12.1. The molecule has 102 valence electrons. The summed E-state index contributed by atoms with van der Waals surface area (Å²) in [6.07, 6.45) is 0. The number of benzene rings is 1. The van der Waals surface area contributed by atoms with E-state index in [4.69, 9.17) is 5.73 Å². The fraction of sp³-hybridized carbons (Fsp3) is 0.0714. The molecular formula is C14H12BrN3OS. The normalized spacial score (nSPS) is 10.8. The molecule has 0 unspecified atom stereocenters. The summed E-state index contributed by atoms with van der Waals surface area (Å²) in [5, 5.41) is 5.81. The summed E-state index contributed by atoms with van der Waals surface area (Å²) in [5.74, 6) is -0.138. The first kappa shape index (κ1) is 13.2. The monoisotopic (exact) mass is 349 g/mol. The van der Waals surface area contributed by atoms with Crippen molar-refractivity contribution in [3.8, 4) is 0 Å². The highest BCUT2D eigenvalue weighted by Gasteiger charge is 2.11. The minimum atomic E-state index is -0.138. The summed E-state index contributed by atoms with van der Waals surface area (Å²) >= 11 is 5.05. The molecule has 1 aromatic carbocycles. The minimum Gasteiger partial charge on any atom is -0.397 e. The third-order valence-corrected chi connectivity index (χ3v) is 4.96. The van der Waals surface area contributed by atoms with Crippen LogP contribution in [-0.2, 0) is 6.54 Å². The Morgan fingerprint density at radius 1 is 1.40 bits per heavy atom. The van der Waals surface area contributed by atoms with Gasteiger partial charge in [0.1, 0.15) is 5.69 Å². The van der Waals surface area contributed by atoms with E-state index in [9.17, 15) is 4.79 Å². The summed E-state index contributed by atoms with van der Waals surface area (Å²) < 4.78 is 1.02. The summed E-state index contributed by atoms with van der Waals surface area (Å²) in [7, 11) is 0. The Kier molecular flexibility index (Phi) is 3.50. The van der Waals surface area contributed by atoms with Gasteiger partial charge in [-0.2, -0.15) is 0 Å². The van der Waals surface area contributed by atoms with Crippen molar-refractivity contribution < 1.29 is 4.79 Å². The summed E-state index contributed by atoms with van der Waals surface area (Å²) in [5.41, 5.74) is 7.83. The molecule has 2 heterocycles. The van der Waals surface area contributed by atoms with Crippen molar-refractivity contribution in [1.29, 1.82) is 0 Å². The van der Waals surface area contributed by atoms with E-state index in [2.05, 4.69) is 26.2 Å². The molecule has 20 heavy (non-hydrogen) atoms. The van der Waals surface area contributed by atoms with Gasteiger partial charge in [-0.1, -0.05) is 12.1 Å². The molecule has 2 aromatic heterocycles. The number of amides is 1. The van der Waals surface area contributed by atoms with Crippen LogP contribution in [0.1, 0.15) is 15.4 Å². The van der Waals surface area contributed by atoms with Crippen LogP contribution < -0.4 is 11.1 Å². The lowest BCUT2D eigenvalue weighted by Crippen LogP contribution is -2.22. The predicted octanol–water partition coefficient (Wildman–Crippen LogP) is 3.50. The lowest BCUT2D eigenvalue weighted by molar-refractivity contribution is 0.0947. The summed E-state index contributed by atoms with van der Waals surface area (Å²) in [6, 6.07) is 9.38. The van der Waals surface area contributed by atoms with Gasteiger partial charge in [0.15, 0.2) is 0 Å². The highest BCUT2D eigenvalue weighted by molar-refractivity contribution is 9.10. The second-order valence-corrected chi connectivity index (χ2v) is 6.22. The van der Waals surface area contributed by atoms with Gasteiger partial charge in [0, 0.05) is 14.7 Å². The number of carbonyl (C=O) groups excluding carboxylic acids is 1. The van der Waals surface area contributed by atoms with Crippen molar-refractivity contribution >= 4 is 49.8 Å². The number of carbonyl (C=O) groups is 1. The van der Waals surface area contributed by atoms with Gasteiger partial charge in [0.25, 0.3) is 5.91 Å². The van der Waals surface area contributed by atoms with Gasteiger partial charge in [0.05, 0.1) is 17.7 Å². The molecule has 4 nitrogen and oxygen atoms in total. The van der Waals surface area contributed by atoms with Gasteiger partial charge in [-0.05, 0) is 39.5 Å². The first-order chi connectivity index (χ1) is 9.65. The van der Waals surface area contributed by atoms with Crippen molar-refractivity contribution in [2.45, 2.75) is 6.54 Å². The van der Waals surface area contributed by atoms with E-state index in [1.165, 1.54) is 0 Å². The third-order valence-electron chi connectivity index (χ3n) is 3.03. The van der Waals surface area contributed by atoms with Crippen molar-refractivity contribution in [2.24, 2.45) is 0 Å². The Morgan fingerprint density at radius 3 is 2.95 bits per heavy atom. The Labute approximate surface area is 128 Å². The molecule has 0 atom stereocenters. The molecule has 0 aliphatic heterocycles. The van der Waals surface area contributed by atoms with Crippen LogP contribution in [0.5, 0.6) is 0 Å². The molecule has 6 heteroatoms. The molecule has 0 radical (unpaired) electrons. The number of H-pyrrole nitrogens is 1. The lowest BCUT2D eigenvalue weighted by atomic mass is 10.2. The van der Waals surface area contributed by atoms with Crippen molar-refractivity contribution in [3.05, 3.63) is 50.8 Å². The Balaban J connectivity index is 1.79. The highest BCUT2D eigenvalue weighted by atomic mass is 79.9. The lowest BCUT2D eigenvalue weighted by Gasteiger charge is -2.02. The number of thiophene rings is 1. The number of halogens is 1. The van der Waals surface area contributed by atoms with E-state index < -0.39 is 0 Å². The molecular weight excluding hydrogens is 338 g/mol. The van der Waals surface area contributed by atoms with E-state index in [-0.39, 0.29) is 5.91 Å². The average Bonchev–Trinajstić information content (AvgIpc) is 3.03. The number of aromatic nitrogens is 1. The van der Waals surface area contributed by atoms with Crippen LogP contribution >= 0.6 is 27.3 Å². The zero-order valence-corrected chi connectivity index (χ0v) is 12.8. The quantitative estimate of drug-likeness (QED) is 0.633. The number of nitrogens with two attached hydrogens (primary N) is 1. The van der Waals surface area contributed by atoms with Gasteiger partial charge >= 0.3 is 0 Å². The predicted molar refractivity (Wildman–Crippen MR) is 85.9 cm³/mol. The van der Waals surface area contributed by atoms with Crippen LogP contribution in [0.4, 0.5) is 5.69 Å². The third kappa shape index (κ3) is 2.44. The molecule has 4 N–H and O–H groups in total. The largest absolute Gasteiger partial charge is 0.397 e. The first-order valence-electron chi connectivity index (χ1n) is 6.02. The molecule has 0 aliphatic carbocycles. The van der Waals surface area contributed by atoms with Crippen LogP contribution in [0.3, 0.4) is 0 Å². The van der Waals surface area contributed by atoms with Gasteiger partial charge < -0.3 is 16.0 Å². The van der Waals surface area contributed by atoms with Crippen molar-refractivity contribution in [1.82, 2.24) is 10.3 Å². The molecule has 1 amide bonds. The number of hydrogen-bond donors (Lipinski definition) is 3. The number of anilines is 1. The molecule has 0 bridgehead atoms. The van der Waals surface area contributed by atoms with Crippen LogP contribution in [0.25, 0.3) is 10.9 Å². The first-order valence-corrected chi connectivity index (χ1v) is 7.69. The van der Waals surface area contributed by atoms with Gasteiger partial charge in [-0.25, -0.2) is 0 Å². The van der Waals surface area contributed by atoms with Crippen LogP contribution in [0.15, 0.2) is 40.2 Å². The average molecular weight is 350 g/mol. The molecule has 0 spiro atoms. The SMILES string of the molecule is Nc1cccc2cc(C(=O)NCc3sccc3Br)[nH]c12. The minimum absolute atomic E-state index is 0.138. The Morgan fingerprint density at radius 2 is 2.25 bits per heavy atom. The van der Waals surface area contributed by atoms with Crippen molar-refractivity contribution in [3.63, 3.8) is 0 Å². The zero-order chi connectivity index (χ0) is 14.1. The second-order valence-electron chi connectivity index (χ2n) is 4.37. The number of rotatable bonds is 3. The number of nitrogens with one attached hydrogen (secondary N) is 2. The molecule has 0 saturated heterocycles. The summed E-state index contributed by atoms with van der Waals surface area (Å²) in [4.78, 5) is 16.3. The van der Waals surface area contributed by atoms with Gasteiger partial charge in [0.2, 0.25) is 0 Å². The number of para-hydroxylation sites is 1. The number of fused-ring (bicyclic) bond motifs is 1. The fourth-order valence-corrected chi connectivity index (χ4v) is 3.44. The Hall–Kier alpha value is -1.79. The fourth-order valence-electron chi connectivity index (χ4n) is 2.01. The zero-order valence-electron chi connectivity index (χ0n) is 10.4. The van der Waals surface area contributed by atoms with E-state index >= 15 is 0 Å². The molecule has 0 fully saturated rings. The van der Waals surface area contributed by atoms with Crippen molar-refractivity contribution in [2.75, 3.05) is 5.73 Å². The van der Waals surface area contributed by atoms with Crippen LogP contribution in [0, 0.1) is 0 Å². The van der Waals surface area contributed by atoms with Gasteiger partial charge in [-0.3, -0.25) is 4.79 Å².